The van der Waals surface area contributed by atoms with Crippen molar-refractivity contribution in [3.05, 3.63) is 47.6 Å². The molecule has 1 aromatic carbocycles. The maximum Gasteiger partial charge on any atom is 0.240 e. The maximum absolute atomic E-state index is 5.42. The summed E-state index contributed by atoms with van der Waals surface area (Å²) in [6.45, 7) is 1.94. The Bertz CT molecular complexity index is 591. The van der Waals surface area contributed by atoms with Crippen molar-refractivity contribution in [1.82, 2.24) is 15.0 Å². The summed E-state index contributed by atoms with van der Waals surface area (Å²) >= 11 is 0. The molecule has 0 N–H and O–H groups in total. The first-order valence-corrected chi connectivity index (χ1v) is 7.99. The summed E-state index contributed by atoms with van der Waals surface area (Å²) in [4.78, 5) is 7.05. The van der Waals surface area contributed by atoms with E-state index in [0.717, 1.165) is 31.2 Å². The van der Waals surface area contributed by atoms with Crippen LogP contribution < -0.4 is 0 Å². The van der Waals surface area contributed by atoms with Crippen LogP contribution in [0.25, 0.3) is 0 Å². The Kier molecular flexibility index (Phi) is 3.47. The van der Waals surface area contributed by atoms with E-state index in [2.05, 4.69) is 45.4 Å². The summed E-state index contributed by atoms with van der Waals surface area (Å²) in [6.07, 6.45) is 6.09. The number of hydrogen-bond donors (Lipinski definition) is 0. The standard InChI is InChI=1S/C17H21N3O/c1-2-5-13(6-3-1)11-15-7-4-10-20(15)12-16-18-17(19-21-16)14-8-9-14/h1-3,5-6,14-15H,4,7-12H2/t15-/m0/s1. The summed E-state index contributed by atoms with van der Waals surface area (Å²) in [5.41, 5.74) is 1.42. The molecular weight excluding hydrogens is 262 g/mol. The minimum Gasteiger partial charge on any atom is -0.338 e. The van der Waals surface area contributed by atoms with E-state index in [1.807, 2.05) is 0 Å². The second kappa shape index (κ2) is 5.60. The van der Waals surface area contributed by atoms with E-state index in [4.69, 9.17) is 4.52 Å². The molecule has 2 fully saturated rings. The van der Waals surface area contributed by atoms with Gasteiger partial charge >= 0.3 is 0 Å². The van der Waals surface area contributed by atoms with E-state index in [1.54, 1.807) is 0 Å². The second-order valence-corrected chi connectivity index (χ2v) is 6.28. The third-order valence-corrected chi connectivity index (χ3v) is 4.58. The van der Waals surface area contributed by atoms with E-state index in [-0.39, 0.29) is 0 Å². The third-order valence-electron chi connectivity index (χ3n) is 4.58. The van der Waals surface area contributed by atoms with E-state index in [9.17, 15) is 0 Å². The Morgan fingerprint density at radius 3 is 2.81 bits per heavy atom. The molecule has 2 aromatic rings. The lowest BCUT2D eigenvalue weighted by Gasteiger charge is -2.22. The van der Waals surface area contributed by atoms with Crippen LogP contribution in [-0.2, 0) is 13.0 Å². The van der Waals surface area contributed by atoms with Gasteiger partial charge in [-0.3, -0.25) is 4.90 Å². The van der Waals surface area contributed by atoms with Crippen molar-refractivity contribution >= 4 is 0 Å². The zero-order chi connectivity index (χ0) is 14.1. The monoisotopic (exact) mass is 283 g/mol. The van der Waals surface area contributed by atoms with Crippen LogP contribution in [0.5, 0.6) is 0 Å². The fourth-order valence-electron chi connectivity index (χ4n) is 3.23. The van der Waals surface area contributed by atoms with E-state index in [1.165, 1.54) is 31.2 Å². The number of likely N-dealkylation sites (tertiary alicyclic amines) is 1. The molecule has 1 saturated carbocycles. The van der Waals surface area contributed by atoms with Crippen LogP contribution in [0.2, 0.25) is 0 Å². The molecule has 2 heterocycles. The Morgan fingerprint density at radius 1 is 1.14 bits per heavy atom. The van der Waals surface area contributed by atoms with E-state index in [0.29, 0.717) is 12.0 Å². The minimum absolute atomic E-state index is 0.571. The highest BCUT2D eigenvalue weighted by Gasteiger charge is 2.30. The molecule has 1 aliphatic carbocycles. The maximum atomic E-state index is 5.42. The zero-order valence-corrected chi connectivity index (χ0v) is 12.2. The highest BCUT2D eigenvalue weighted by molar-refractivity contribution is 5.16. The lowest BCUT2D eigenvalue weighted by molar-refractivity contribution is 0.209. The van der Waals surface area contributed by atoms with Crippen molar-refractivity contribution < 1.29 is 4.52 Å². The van der Waals surface area contributed by atoms with Gasteiger partial charge in [-0.15, -0.1) is 0 Å². The van der Waals surface area contributed by atoms with Crippen molar-refractivity contribution in [2.24, 2.45) is 0 Å². The topological polar surface area (TPSA) is 42.2 Å². The number of rotatable bonds is 5. The molecule has 1 saturated heterocycles. The van der Waals surface area contributed by atoms with Crippen LogP contribution in [0.1, 0.15) is 48.9 Å². The largest absolute Gasteiger partial charge is 0.338 e. The third kappa shape index (κ3) is 3.00. The Morgan fingerprint density at radius 2 is 2.00 bits per heavy atom. The number of benzene rings is 1. The van der Waals surface area contributed by atoms with Crippen molar-refractivity contribution in [3.63, 3.8) is 0 Å². The van der Waals surface area contributed by atoms with E-state index < -0.39 is 0 Å². The molecule has 4 nitrogen and oxygen atoms in total. The average molecular weight is 283 g/mol. The first-order valence-electron chi connectivity index (χ1n) is 7.99. The smallest absolute Gasteiger partial charge is 0.240 e. The van der Waals surface area contributed by atoms with Crippen molar-refractivity contribution in [2.75, 3.05) is 6.54 Å². The zero-order valence-electron chi connectivity index (χ0n) is 12.2. The van der Waals surface area contributed by atoms with Gasteiger partial charge < -0.3 is 4.52 Å². The summed E-state index contributed by atoms with van der Waals surface area (Å²) in [6, 6.07) is 11.4. The first kappa shape index (κ1) is 13.0. The van der Waals surface area contributed by atoms with Crippen LogP contribution in [0.3, 0.4) is 0 Å². The van der Waals surface area contributed by atoms with Gasteiger partial charge in [-0.05, 0) is 44.2 Å². The van der Waals surface area contributed by atoms with Gasteiger partial charge in [-0.2, -0.15) is 4.98 Å². The molecule has 1 aromatic heterocycles. The van der Waals surface area contributed by atoms with Gasteiger partial charge in [0, 0.05) is 12.0 Å². The normalized spacial score (nSPS) is 22.8. The molecule has 1 atom stereocenters. The van der Waals surface area contributed by atoms with Crippen LogP contribution in [0.15, 0.2) is 34.9 Å². The molecule has 2 aliphatic rings. The average Bonchev–Trinajstić information content (AvgIpc) is 3.12. The van der Waals surface area contributed by atoms with Gasteiger partial charge in [0.1, 0.15) is 0 Å². The lowest BCUT2D eigenvalue weighted by Crippen LogP contribution is -2.30. The fraction of sp³-hybridized carbons (Fsp3) is 0.529. The van der Waals surface area contributed by atoms with Gasteiger partial charge in [-0.1, -0.05) is 35.5 Å². The predicted molar refractivity (Wildman–Crippen MR) is 79.9 cm³/mol. The van der Waals surface area contributed by atoms with Crippen LogP contribution >= 0.6 is 0 Å². The molecule has 110 valence electrons. The Balaban J connectivity index is 1.41. The number of nitrogens with zero attached hydrogens (tertiary/aromatic N) is 3. The van der Waals surface area contributed by atoms with Gasteiger partial charge in [0.25, 0.3) is 0 Å². The fourth-order valence-corrected chi connectivity index (χ4v) is 3.23. The Hall–Kier alpha value is -1.68. The molecule has 4 rings (SSSR count). The quantitative estimate of drug-likeness (QED) is 0.845. The summed E-state index contributed by atoms with van der Waals surface area (Å²) in [5.74, 6) is 2.28. The molecule has 1 aliphatic heterocycles. The minimum atomic E-state index is 0.571. The van der Waals surface area contributed by atoms with Gasteiger partial charge in [0.2, 0.25) is 5.89 Å². The summed E-state index contributed by atoms with van der Waals surface area (Å²) in [5, 5.41) is 4.12. The van der Waals surface area contributed by atoms with Crippen LogP contribution in [0.4, 0.5) is 0 Å². The number of aromatic nitrogens is 2. The molecular formula is C17H21N3O. The molecule has 0 unspecified atom stereocenters. The van der Waals surface area contributed by atoms with Gasteiger partial charge in [-0.25, -0.2) is 0 Å². The number of hydrogen-bond acceptors (Lipinski definition) is 4. The lowest BCUT2D eigenvalue weighted by atomic mass is 10.0. The van der Waals surface area contributed by atoms with Crippen LogP contribution in [-0.4, -0.2) is 27.6 Å². The summed E-state index contributed by atoms with van der Waals surface area (Å²) in [7, 11) is 0. The summed E-state index contributed by atoms with van der Waals surface area (Å²) < 4.78 is 5.42. The van der Waals surface area contributed by atoms with Crippen molar-refractivity contribution in [2.45, 2.75) is 50.6 Å². The molecule has 0 spiro atoms. The predicted octanol–water partition coefficient (Wildman–Crippen LogP) is 3.15. The molecule has 4 heteroatoms. The van der Waals surface area contributed by atoms with E-state index >= 15 is 0 Å². The molecule has 0 amide bonds. The molecule has 0 bridgehead atoms. The van der Waals surface area contributed by atoms with Gasteiger partial charge in [0.05, 0.1) is 6.54 Å². The molecule has 0 radical (unpaired) electrons. The van der Waals surface area contributed by atoms with Crippen molar-refractivity contribution in [3.8, 4) is 0 Å². The second-order valence-electron chi connectivity index (χ2n) is 6.28. The van der Waals surface area contributed by atoms with Gasteiger partial charge in [0.15, 0.2) is 5.82 Å². The highest BCUT2D eigenvalue weighted by atomic mass is 16.5. The van der Waals surface area contributed by atoms with Crippen LogP contribution in [0, 0.1) is 0 Å². The Labute approximate surface area is 125 Å². The first-order chi connectivity index (χ1) is 10.4. The molecule has 21 heavy (non-hydrogen) atoms. The highest BCUT2D eigenvalue weighted by Crippen LogP contribution is 2.38. The SMILES string of the molecule is c1ccc(C[C@@H]2CCCN2Cc2nc(C3CC3)no2)cc1. The van der Waals surface area contributed by atoms with Crippen molar-refractivity contribution in [1.29, 1.82) is 0 Å².